The summed E-state index contributed by atoms with van der Waals surface area (Å²) in [4.78, 5) is 32.1. The Balaban J connectivity index is 1.39. The molecule has 0 aliphatic carbocycles. The van der Waals surface area contributed by atoms with E-state index in [9.17, 15) is 18.0 Å². The molecule has 0 bridgehead atoms. The van der Waals surface area contributed by atoms with Crippen molar-refractivity contribution in [2.24, 2.45) is 5.92 Å². The first-order chi connectivity index (χ1) is 16.3. The van der Waals surface area contributed by atoms with Crippen molar-refractivity contribution in [1.29, 1.82) is 0 Å². The van der Waals surface area contributed by atoms with Crippen LogP contribution in [0.3, 0.4) is 0 Å². The number of alkyl halides is 3. The van der Waals surface area contributed by atoms with Gasteiger partial charge in [-0.1, -0.05) is 18.2 Å². The van der Waals surface area contributed by atoms with Crippen LogP contribution in [0.5, 0.6) is 0 Å². The number of piperidine rings is 1. The second-order valence-corrected chi connectivity index (χ2v) is 7.90. The number of anilines is 2. The maximum atomic E-state index is 13.2. The Bertz CT molecular complexity index is 1130. The number of carbonyl (C=O) groups is 1. The molecule has 1 aromatic carbocycles. The monoisotopic (exact) mass is 471 g/mol. The van der Waals surface area contributed by atoms with Gasteiger partial charge >= 0.3 is 6.18 Å². The summed E-state index contributed by atoms with van der Waals surface area (Å²) in [6, 6.07) is 8.90. The highest BCUT2D eigenvalue weighted by atomic mass is 19.4. The maximum absolute atomic E-state index is 13.2. The lowest BCUT2D eigenvalue weighted by atomic mass is 9.96. The molecule has 1 fully saturated rings. The van der Waals surface area contributed by atoms with Gasteiger partial charge in [-0.3, -0.25) is 9.78 Å². The zero-order chi connectivity index (χ0) is 24.1. The molecule has 0 spiro atoms. The Morgan fingerprint density at radius 1 is 1.06 bits per heavy atom. The molecule has 8 nitrogen and oxygen atoms in total. The fraction of sp³-hybridized carbons (Fsp3) is 0.348. The number of halogens is 3. The lowest BCUT2D eigenvalue weighted by Crippen LogP contribution is -2.41. The number of hydrogen-bond acceptors (Lipinski definition) is 7. The van der Waals surface area contributed by atoms with E-state index in [0.717, 1.165) is 11.6 Å². The molecule has 2 aromatic heterocycles. The van der Waals surface area contributed by atoms with Gasteiger partial charge in [0.25, 0.3) is 0 Å². The van der Waals surface area contributed by atoms with Gasteiger partial charge in [-0.2, -0.15) is 28.1 Å². The lowest BCUT2D eigenvalue weighted by molar-refractivity contribution is -0.138. The van der Waals surface area contributed by atoms with Gasteiger partial charge in [-0.15, -0.1) is 0 Å². The summed E-state index contributed by atoms with van der Waals surface area (Å²) in [5.74, 6) is 0.907. The van der Waals surface area contributed by atoms with Gasteiger partial charge in [0, 0.05) is 50.6 Å². The highest BCUT2D eigenvalue weighted by Gasteiger charge is 2.33. The SMILES string of the molecule is CNc1nc(-c2ccncc2)nc(N2CCC(C(=O)NCc3ccccc3C(F)(F)F)CC2)n1. The van der Waals surface area contributed by atoms with E-state index in [1.54, 1.807) is 19.4 Å². The quantitative estimate of drug-likeness (QED) is 0.568. The van der Waals surface area contributed by atoms with E-state index in [4.69, 9.17) is 0 Å². The third-order valence-corrected chi connectivity index (χ3v) is 5.71. The molecule has 1 aliphatic rings. The molecular formula is C23H24F3N7O. The number of nitrogens with one attached hydrogen (secondary N) is 2. The molecule has 11 heteroatoms. The summed E-state index contributed by atoms with van der Waals surface area (Å²) < 4.78 is 39.5. The molecule has 1 amide bonds. The van der Waals surface area contributed by atoms with Crippen molar-refractivity contribution < 1.29 is 18.0 Å². The van der Waals surface area contributed by atoms with Crippen LogP contribution in [0.25, 0.3) is 11.4 Å². The predicted octanol–water partition coefficient (Wildman–Crippen LogP) is 3.53. The van der Waals surface area contributed by atoms with Crippen LogP contribution in [0.15, 0.2) is 48.8 Å². The third kappa shape index (κ3) is 5.41. The number of carbonyl (C=O) groups excluding carboxylic acids is 1. The van der Waals surface area contributed by atoms with E-state index in [1.165, 1.54) is 18.2 Å². The van der Waals surface area contributed by atoms with Crippen molar-refractivity contribution in [2.75, 3.05) is 30.4 Å². The van der Waals surface area contributed by atoms with Gasteiger partial charge in [0.2, 0.25) is 17.8 Å². The maximum Gasteiger partial charge on any atom is 0.416 e. The Morgan fingerprint density at radius 3 is 2.44 bits per heavy atom. The average molecular weight is 471 g/mol. The minimum absolute atomic E-state index is 0.0502. The van der Waals surface area contributed by atoms with Crippen LogP contribution < -0.4 is 15.5 Å². The summed E-state index contributed by atoms with van der Waals surface area (Å²) in [6.07, 6.45) is -0.0571. The smallest absolute Gasteiger partial charge is 0.357 e. The van der Waals surface area contributed by atoms with E-state index < -0.39 is 11.7 Å². The summed E-state index contributed by atoms with van der Waals surface area (Å²) >= 11 is 0. The summed E-state index contributed by atoms with van der Waals surface area (Å²) in [7, 11) is 1.73. The number of pyridine rings is 1. The molecule has 0 radical (unpaired) electrons. The normalized spacial score (nSPS) is 14.6. The van der Waals surface area contributed by atoms with E-state index in [0.29, 0.717) is 43.7 Å². The lowest BCUT2D eigenvalue weighted by Gasteiger charge is -2.31. The Morgan fingerprint density at radius 2 is 1.76 bits per heavy atom. The number of amides is 1. The van der Waals surface area contributed by atoms with Gasteiger partial charge in [0.1, 0.15) is 0 Å². The standard InChI is InChI=1S/C23H24F3N7O/c1-27-21-30-19(15-6-10-28-11-7-15)31-22(32-21)33-12-8-16(9-13-33)20(34)29-14-17-4-2-3-5-18(17)23(24,25)26/h2-7,10-11,16H,8-9,12-14H2,1H3,(H,29,34)(H,27,30,31,32). The van der Waals surface area contributed by atoms with Gasteiger partial charge < -0.3 is 15.5 Å². The number of aromatic nitrogens is 4. The first-order valence-corrected chi connectivity index (χ1v) is 10.9. The van der Waals surface area contributed by atoms with E-state index in [2.05, 4.69) is 30.6 Å². The molecule has 3 aromatic rings. The van der Waals surface area contributed by atoms with Crippen LogP contribution >= 0.6 is 0 Å². The number of rotatable bonds is 6. The van der Waals surface area contributed by atoms with Gasteiger partial charge in [-0.25, -0.2) is 0 Å². The molecule has 3 heterocycles. The first-order valence-electron chi connectivity index (χ1n) is 10.9. The topological polar surface area (TPSA) is 95.9 Å². The third-order valence-electron chi connectivity index (χ3n) is 5.71. The Kier molecular flexibility index (Phi) is 6.90. The van der Waals surface area contributed by atoms with Crippen LogP contribution in [-0.4, -0.2) is 46.0 Å². The number of hydrogen-bond donors (Lipinski definition) is 2. The fourth-order valence-corrected chi connectivity index (χ4v) is 3.87. The van der Waals surface area contributed by atoms with Crippen molar-refractivity contribution in [1.82, 2.24) is 25.3 Å². The molecule has 4 rings (SSSR count). The molecule has 2 N–H and O–H groups in total. The molecular weight excluding hydrogens is 447 g/mol. The molecule has 0 unspecified atom stereocenters. The number of benzene rings is 1. The van der Waals surface area contributed by atoms with Crippen molar-refractivity contribution in [3.63, 3.8) is 0 Å². The van der Waals surface area contributed by atoms with Gasteiger partial charge in [0.05, 0.1) is 5.56 Å². The average Bonchev–Trinajstić information content (AvgIpc) is 2.87. The van der Waals surface area contributed by atoms with E-state index >= 15 is 0 Å². The zero-order valence-corrected chi connectivity index (χ0v) is 18.5. The molecule has 1 aliphatic heterocycles. The van der Waals surface area contributed by atoms with Crippen molar-refractivity contribution in [3.05, 3.63) is 59.9 Å². The number of nitrogens with zero attached hydrogens (tertiary/aromatic N) is 5. The predicted molar refractivity (Wildman–Crippen MR) is 121 cm³/mol. The second kappa shape index (κ2) is 10.0. The van der Waals surface area contributed by atoms with Crippen molar-refractivity contribution in [2.45, 2.75) is 25.6 Å². The minimum atomic E-state index is -4.46. The zero-order valence-electron chi connectivity index (χ0n) is 18.5. The van der Waals surface area contributed by atoms with Crippen molar-refractivity contribution >= 4 is 17.8 Å². The van der Waals surface area contributed by atoms with E-state index in [1.807, 2.05) is 17.0 Å². The molecule has 178 valence electrons. The van der Waals surface area contributed by atoms with Crippen molar-refractivity contribution in [3.8, 4) is 11.4 Å². The van der Waals surface area contributed by atoms with Crippen LogP contribution in [0.1, 0.15) is 24.0 Å². The highest BCUT2D eigenvalue weighted by Crippen LogP contribution is 2.32. The van der Waals surface area contributed by atoms with Crippen LogP contribution in [0.2, 0.25) is 0 Å². The molecule has 1 saturated heterocycles. The molecule has 0 atom stereocenters. The largest absolute Gasteiger partial charge is 0.416 e. The highest BCUT2D eigenvalue weighted by molar-refractivity contribution is 5.79. The molecule has 0 saturated carbocycles. The summed E-state index contributed by atoms with van der Waals surface area (Å²) in [5, 5.41) is 5.61. The summed E-state index contributed by atoms with van der Waals surface area (Å²) in [6.45, 7) is 0.920. The van der Waals surface area contributed by atoms with Gasteiger partial charge in [-0.05, 0) is 36.6 Å². The molecule has 34 heavy (non-hydrogen) atoms. The summed E-state index contributed by atoms with van der Waals surface area (Å²) in [5.41, 5.74) is 0.128. The second-order valence-electron chi connectivity index (χ2n) is 7.90. The van der Waals surface area contributed by atoms with Gasteiger partial charge in [0.15, 0.2) is 5.82 Å². The van der Waals surface area contributed by atoms with Crippen LogP contribution in [0.4, 0.5) is 25.1 Å². The van der Waals surface area contributed by atoms with Crippen LogP contribution in [0, 0.1) is 5.92 Å². The Labute approximate surface area is 194 Å². The minimum Gasteiger partial charge on any atom is -0.357 e. The Hall–Kier alpha value is -3.76. The van der Waals surface area contributed by atoms with Crippen LogP contribution in [-0.2, 0) is 17.5 Å². The van der Waals surface area contributed by atoms with E-state index in [-0.39, 0.29) is 23.9 Å². The first kappa shape index (κ1) is 23.4. The fourth-order valence-electron chi connectivity index (χ4n) is 3.87.